The van der Waals surface area contributed by atoms with E-state index >= 15 is 0 Å². The summed E-state index contributed by atoms with van der Waals surface area (Å²) in [6, 6.07) is 0. The molecule has 10 atom stereocenters. The molecule has 0 heterocycles. The van der Waals surface area contributed by atoms with E-state index in [-0.39, 0.29) is 6.10 Å². The maximum atomic E-state index is 6.47. The topological polar surface area (TPSA) is 36.9 Å². The minimum atomic E-state index is 0.186. The van der Waals surface area contributed by atoms with Crippen LogP contribution in [-0.2, 0) is 18.9 Å². The van der Waals surface area contributed by atoms with Gasteiger partial charge in [0.1, 0.15) is 0 Å². The molecule has 0 aromatic rings. The highest BCUT2D eigenvalue weighted by Crippen LogP contribution is 2.62. The molecule has 0 bridgehead atoms. The minimum absolute atomic E-state index is 0.186. The van der Waals surface area contributed by atoms with Crippen LogP contribution in [0.1, 0.15) is 214 Å². The van der Waals surface area contributed by atoms with E-state index in [1.54, 1.807) is 5.57 Å². The van der Waals surface area contributed by atoms with E-state index in [0.717, 1.165) is 79.8 Å². The van der Waals surface area contributed by atoms with Crippen molar-refractivity contribution in [3.8, 4) is 0 Å². The lowest BCUT2D eigenvalue weighted by Crippen LogP contribution is -2.43. The Morgan fingerprint density at radius 2 is 1.50 bits per heavy atom. The second-order valence-corrected chi connectivity index (χ2v) is 21.6. The lowest BCUT2D eigenvalue weighted by atomic mass is 9.54. The largest absolute Gasteiger partial charge is 0.379 e. The van der Waals surface area contributed by atoms with E-state index in [0.29, 0.717) is 37.9 Å². The maximum Gasteiger partial charge on any atom is 0.0812 e. The third kappa shape index (κ3) is 17.2. The normalized spacial score (nSPS) is 30.9. The van der Waals surface area contributed by atoms with Crippen LogP contribution in [-0.4, -0.2) is 51.8 Å². The SMILES string of the molecule is CCCCCC=CCC=CCCCCCCCCOCC(CC1CCC[C@H]1C)OCCOCCO[C@H]1CCC2C(=CCC3C2CCC2C3CC[C@]2(C)CCCCC(C)C)C1. The average Bonchev–Trinajstić information content (AvgIpc) is 3.82. The van der Waals surface area contributed by atoms with Gasteiger partial charge in [-0.05, 0) is 155 Å². The molecule has 60 heavy (non-hydrogen) atoms. The third-order valence-corrected chi connectivity index (χ3v) is 16.6. The van der Waals surface area contributed by atoms with Gasteiger partial charge in [0.15, 0.2) is 0 Å². The first-order valence-corrected chi connectivity index (χ1v) is 26.8. The molecule has 0 spiro atoms. The van der Waals surface area contributed by atoms with Gasteiger partial charge in [-0.2, -0.15) is 0 Å². The second kappa shape index (κ2) is 28.8. The zero-order valence-electron chi connectivity index (χ0n) is 40.3. The van der Waals surface area contributed by atoms with Gasteiger partial charge in [-0.15, -0.1) is 0 Å². The molecular formula is C56H98O4. The van der Waals surface area contributed by atoms with Gasteiger partial charge in [-0.25, -0.2) is 0 Å². The van der Waals surface area contributed by atoms with Crippen LogP contribution in [0.2, 0.25) is 0 Å². The lowest BCUT2D eigenvalue weighted by molar-refractivity contribution is -0.0602. The van der Waals surface area contributed by atoms with E-state index < -0.39 is 0 Å². The van der Waals surface area contributed by atoms with Gasteiger partial charge in [0, 0.05) is 6.61 Å². The third-order valence-electron chi connectivity index (χ3n) is 16.6. The van der Waals surface area contributed by atoms with Crippen molar-refractivity contribution >= 4 is 0 Å². The van der Waals surface area contributed by atoms with Crippen LogP contribution in [0.4, 0.5) is 0 Å². The Labute approximate surface area is 372 Å². The van der Waals surface area contributed by atoms with Crippen LogP contribution in [0, 0.1) is 52.8 Å². The molecule has 0 saturated heterocycles. The van der Waals surface area contributed by atoms with E-state index in [4.69, 9.17) is 18.9 Å². The summed E-state index contributed by atoms with van der Waals surface area (Å²) in [5, 5.41) is 0. The first-order valence-electron chi connectivity index (χ1n) is 26.8. The van der Waals surface area contributed by atoms with Crippen LogP contribution in [0.15, 0.2) is 36.0 Å². The van der Waals surface area contributed by atoms with E-state index in [9.17, 15) is 0 Å². The van der Waals surface area contributed by atoms with E-state index in [1.807, 2.05) is 0 Å². The summed E-state index contributed by atoms with van der Waals surface area (Å²) in [6.07, 6.45) is 50.1. The maximum absolute atomic E-state index is 6.47. The molecular weight excluding hydrogens is 737 g/mol. The molecule has 346 valence electrons. The minimum Gasteiger partial charge on any atom is -0.379 e. The Bertz CT molecular complexity index is 1210. The van der Waals surface area contributed by atoms with Crippen molar-refractivity contribution in [3.05, 3.63) is 36.0 Å². The summed E-state index contributed by atoms with van der Waals surface area (Å²) in [5.74, 6) is 7.16. The van der Waals surface area contributed by atoms with Crippen molar-refractivity contribution in [1.29, 1.82) is 0 Å². The molecule has 5 rings (SSSR count). The lowest BCUT2D eigenvalue weighted by Gasteiger charge is -2.51. The molecule has 0 N–H and O–H groups in total. The van der Waals surface area contributed by atoms with Gasteiger partial charge in [0.05, 0.1) is 45.2 Å². The summed E-state index contributed by atoms with van der Waals surface area (Å²) >= 11 is 0. The molecule has 0 radical (unpaired) electrons. The van der Waals surface area contributed by atoms with Gasteiger partial charge in [-0.1, -0.05) is 148 Å². The van der Waals surface area contributed by atoms with Crippen molar-refractivity contribution in [1.82, 2.24) is 0 Å². The molecule has 4 fully saturated rings. The first kappa shape index (κ1) is 50.1. The molecule has 5 aliphatic rings. The highest BCUT2D eigenvalue weighted by Gasteiger charge is 2.53. The number of unbranched alkanes of at least 4 members (excludes halogenated alkanes) is 10. The second-order valence-electron chi connectivity index (χ2n) is 21.6. The monoisotopic (exact) mass is 835 g/mol. The van der Waals surface area contributed by atoms with Crippen molar-refractivity contribution in [3.63, 3.8) is 0 Å². The van der Waals surface area contributed by atoms with Crippen molar-refractivity contribution in [2.75, 3.05) is 39.6 Å². The summed E-state index contributed by atoms with van der Waals surface area (Å²) in [4.78, 5) is 0. The van der Waals surface area contributed by atoms with Crippen LogP contribution in [0.5, 0.6) is 0 Å². The first-order chi connectivity index (χ1) is 29.4. The fourth-order valence-corrected chi connectivity index (χ4v) is 13.0. The van der Waals surface area contributed by atoms with Crippen LogP contribution in [0.25, 0.3) is 0 Å². The molecule has 4 nitrogen and oxygen atoms in total. The summed E-state index contributed by atoms with van der Waals surface area (Å²) in [5.41, 5.74) is 2.37. The Hall–Kier alpha value is -0.940. The Balaban J connectivity index is 0.886. The Morgan fingerprint density at radius 1 is 0.717 bits per heavy atom. The number of fused-ring (bicyclic) bond motifs is 5. The zero-order valence-corrected chi connectivity index (χ0v) is 40.3. The van der Waals surface area contributed by atoms with E-state index in [2.05, 4.69) is 65.0 Å². The van der Waals surface area contributed by atoms with Crippen molar-refractivity contribution < 1.29 is 18.9 Å². The molecule has 0 aliphatic heterocycles. The molecule has 4 saturated carbocycles. The van der Waals surface area contributed by atoms with Gasteiger partial charge in [0.25, 0.3) is 0 Å². The number of hydrogen-bond acceptors (Lipinski definition) is 4. The number of rotatable bonds is 32. The predicted octanol–water partition coefficient (Wildman–Crippen LogP) is 15.8. The molecule has 5 aliphatic carbocycles. The van der Waals surface area contributed by atoms with Gasteiger partial charge in [0.2, 0.25) is 0 Å². The van der Waals surface area contributed by atoms with Gasteiger partial charge >= 0.3 is 0 Å². The smallest absolute Gasteiger partial charge is 0.0812 e. The van der Waals surface area contributed by atoms with Crippen molar-refractivity contribution in [2.24, 2.45) is 52.8 Å². The predicted molar refractivity (Wildman–Crippen MR) is 255 cm³/mol. The summed E-state index contributed by atoms with van der Waals surface area (Å²) < 4.78 is 25.2. The quantitative estimate of drug-likeness (QED) is 0.0500. The average molecular weight is 835 g/mol. The highest BCUT2D eigenvalue weighted by atomic mass is 16.6. The molecule has 0 aromatic carbocycles. The van der Waals surface area contributed by atoms with Gasteiger partial charge in [-0.3, -0.25) is 0 Å². The van der Waals surface area contributed by atoms with Gasteiger partial charge < -0.3 is 18.9 Å². The Morgan fingerprint density at radius 3 is 2.28 bits per heavy atom. The zero-order chi connectivity index (χ0) is 42.3. The fourth-order valence-electron chi connectivity index (χ4n) is 13.0. The van der Waals surface area contributed by atoms with Crippen LogP contribution >= 0.6 is 0 Å². The summed E-state index contributed by atoms with van der Waals surface area (Å²) in [6.45, 7) is 16.4. The Kier molecular flexibility index (Phi) is 24.0. The van der Waals surface area contributed by atoms with E-state index in [1.165, 1.54) is 161 Å². The fraction of sp³-hybridized carbons (Fsp3) is 0.893. The molecule has 0 amide bonds. The number of hydrogen-bond donors (Lipinski definition) is 0. The van der Waals surface area contributed by atoms with Crippen molar-refractivity contribution in [2.45, 2.75) is 227 Å². The molecule has 7 unspecified atom stereocenters. The number of ether oxygens (including phenoxy) is 4. The molecule has 0 aromatic heterocycles. The number of allylic oxidation sites excluding steroid dienone is 5. The van der Waals surface area contributed by atoms with Crippen LogP contribution < -0.4 is 0 Å². The highest BCUT2D eigenvalue weighted by molar-refractivity contribution is 5.19. The molecule has 4 heteroatoms. The standard InChI is InChI=1S/C56H98O4/c1-6-7-8-9-10-11-12-13-14-15-16-17-18-19-20-23-37-58-44-50(42-47-27-24-26-46(47)4)60-41-39-57-38-40-59-49-29-31-51-48(43-49)28-30-53-52(51)32-33-55-54(53)34-36-56(55,5)35-22-21-25-45(2)3/h10-11,13-14,28,45-47,49-55H,6-9,12,15-27,29-44H2,1-5H3/t46-,47?,49+,50?,51?,52?,53?,54?,55?,56+/m1/s1. The van der Waals surface area contributed by atoms with Crippen LogP contribution in [0.3, 0.4) is 0 Å². The summed E-state index contributed by atoms with van der Waals surface area (Å²) in [7, 11) is 0.